The topological polar surface area (TPSA) is 55.1 Å². The van der Waals surface area contributed by atoms with Gasteiger partial charge in [-0.15, -0.1) is 0 Å². The van der Waals surface area contributed by atoms with Gasteiger partial charge in [0, 0.05) is 29.2 Å². The highest BCUT2D eigenvalue weighted by atomic mass is 16.4. The van der Waals surface area contributed by atoms with Crippen LogP contribution in [0, 0.1) is 5.92 Å². The smallest absolute Gasteiger partial charge is 0.251 e. The van der Waals surface area contributed by atoms with E-state index in [1.54, 1.807) is 0 Å². The molecule has 40 heavy (non-hydrogen) atoms. The summed E-state index contributed by atoms with van der Waals surface area (Å²) in [6.45, 7) is 0.620. The second-order valence-corrected chi connectivity index (χ2v) is 10.7. The Bertz CT molecular complexity index is 1490. The van der Waals surface area contributed by atoms with Crippen LogP contribution in [0.1, 0.15) is 52.6 Å². The molecule has 1 fully saturated rings. The summed E-state index contributed by atoms with van der Waals surface area (Å²) < 4.78 is 6.57. The van der Waals surface area contributed by atoms with E-state index in [2.05, 4.69) is 47.8 Å². The van der Waals surface area contributed by atoms with Gasteiger partial charge in [-0.25, -0.2) is 4.98 Å². The Kier molecular flexibility index (Phi) is 7.85. The molecular weight excluding hydrogens is 492 g/mol. The van der Waals surface area contributed by atoms with Gasteiger partial charge in [-0.05, 0) is 54.9 Å². The maximum absolute atomic E-state index is 12.9. The largest absolute Gasteiger partial charge is 0.440 e. The number of hydrogen-bond donors (Lipinski definition) is 1. The molecule has 0 bridgehead atoms. The number of nitrogens with one attached hydrogen (secondary N) is 1. The van der Waals surface area contributed by atoms with Crippen LogP contribution in [-0.4, -0.2) is 17.4 Å². The average Bonchev–Trinajstić information content (AvgIpc) is 3.66. The first kappa shape index (κ1) is 25.8. The van der Waals surface area contributed by atoms with Gasteiger partial charge in [0.2, 0.25) is 0 Å². The van der Waals surface area contributed by atoms with Gasteiger partial charge in [-0.1, -0.05) is 110 Å². The molecular formula is C36H34N2O2. The van der Waals surface area contributed by atoms with Crippen LogP contribution in [-0.2, 0) is 12.8 Å². The minimum absolute atomic E-state index is 0.0199. The zero-order valence-electron chi connectivity index (χ0n) is 22.6. The summed E-state index contributed by atoms with van der Waals surface area (Å²) in [7, 11) is 0. The lowest BCUT2D eigenvalue weighted by Gasteiger charge is -2.17. The van der Waals surface area contributed by atoms with Gasteiger partial charge in [-0.3, -0.25) is 4.79 Å². The van der Waals surface area contributed by atoms with Crippen LogP contribution in [0.3, 0.4) is 0 Å². The number of amides is 1. The van der Waals surface area contributed by atoms with E-state index in [9.17, 15) is 4.79 Å². The Morgan fingerprint density at radius 2 is 1.45 bits per heavy atom. The highest BCUT2D eigenvalue weighted by Gasteiger charge is 2.33. The van der Waals surface area contributed by atoms with Crippen molar-refractivity contribution in [2.45, 2.75) is 38.0 Å². The number of oxazole rings is 1. The van der Waals surface area contributed by atoms with Crippen molar-refractivity contribution in [1.29, 1.82) is 0 Å². The molecule has 2 atom stereocenters. The zero-order valence-corrected chi connectivity index (χ0v) is 22.6. The van der Waals surface area contributed by atoms with Gasteiger partial charge in [0.1, 0.15) is 5.69 Å². The van der Waals surface area contributed by atoms with Gasteiger partial charge in [0.05, 0.1) is 0 Å². The lowest BCUT2D eigenvalue weighted by molar-refractivity contribution is 0.0954. The van der Waals surface area contributed by atoms with E-state index < -0.39 is 0 Å². The van der Waals surface area contributed by atoms with Crippen LogP contribution in [0.15, 0.2) is 120 Å². The van der Waals surface area contributed by atoms with Gasteiger partial charge >= 0.3 is 0 Å². The van der Waals surface area contributed by atoms with Crippen LogP contribution < -0.4 is 5.32 Å². The van der Waals surface area contributed by atoms with Crippen LogP contribution in [0.25, 0.3) is 22.6 Å². The predicted octanol–water partition coefficient (Wildman–Crippen LogP) is 8.11. The molecule has 6 rings (SSSR count). The number of rotatable bonds is 9. The number of benzene rings is 4. The second kappa shape index (κ2) is 12.2. The van der Waals surface area contributed by atoms with Gasteiger partial charge < -0.3 is 9.73 Å². The molecule has 200 valence electrons. The lowest BCUT2D eigenvalue weighted by atomic mass is 9.89. The average molecular weight is 527 g/mol. The molecule has 1 saturated carbocycles. The van der Waals surface area contributed by atoms with Crippen molar-refractivity contribution in [1.82, 2.24) is 10.3 Å². The number of carbonyl (C=O) groups excluding carboxylic acids is 1. The van der Waals surface area contributed by atoms with Crippen molar-refractivity contribution in [3.8, 4) is 22.6 Å². The Labute approximate surface area is 236 Å². The van der Waals surface area contributed by atoms with E-state index >= 15 is 0 Å². The lowest BCUT2D eigenvalue weighted by Crippen LogP contribution is -2.25. The molecule has 4 aromatic carbocycles. The molecule has 1 aromatic heterocycles. The summed E-state index contributed by atoms with van der Waals surface area (Å²) in [4.78, 5) is 18.0. The van der Waals surface area contributed by atoms with E-state index in [1.165, 1.54) is 11.1 Å². The van der Waals surface area contributed by atoms with E-state index in [0.717, 1.165) is 60.6 Å². The van der Waals surface area contributed by atoms with Crippen LogP contribution in [0.4, 0.5) is 0 Å². The molecule has 0 saturated heterocycles. The van der Waals surface area contributed by atoms with Crippen molar-refractivity contribution in [3.63, 3.8) is 0 Å². The third-order valence-corrected chi connectivity index (χ3v) is 7.93. The normalized spacial score (nSPS) is 16.6. The summed E-state index contributed by atoms with van der Waals surface area (Å²) in [6.07, 6.45) is 5.07. The van der Waals surface area contributed by atoms with Crippen LogP contribution in [0.2, 0.25) is 0 Å². The molecule has 1 N–H and O–H groups in total. The first-order chi connectivity index (χ1) is 19.7. The standard InChI is InChI=1S/C36H34N2O2/c39-35(37-23-22-26-12-4-1-5-13-26)31-20-10-14-27(25-31)24-30-19-11-21-32(30)36-38-33(28-15-6-2-7-16-28)34(40-36)29-17-8-3-9-18-29/h1-10,12-18,20,25,30,32H,11,19,21-24H2,(H,37,39)/t30-,32+/m0/s1. The summed E-state index contributed by atoms with van der Waals surface area (Å²) in [5.74, 6) is 2.32. The van der Waals surface area contributed by atoms with Crippen LogP contribution in [0.5, 0.6) is 0 Å². The second-order valence-electron chi connectivity index (χ2n) is 10.7. The minimum atomic E-state index is -0.0199. The summed E-state index contributed by atoms with van der Waals surface area (Å²) in [5, 5.41) is 3.08. The summed E-state index contributed by atoms with van der Waals surface area (Å²) in [5.41, 5.74) is 6.14. The summed E-state index contributed by atoms with van der Waals surface area (Å²) in [6, 6.07) is 38.9. The molecule has 1 heterocycles. The summed E-state index contributed by atoms with van der Waals surface area (Å²) >= 11 is 0. The SMILES string of the molecule is O=C(NCCc1ccccc1)c1cccc(C[C@@H]2CCC[C@H]2c2nc(-c3ccccc3)c(-c3ccccc3)o2)c1. The third kappa shape index (κ3) is 5.91. The number of nitrogens with zero attached hydrogens (tertiary/aromatic N) is 1. The van der Waals surface area contributed by atoms with E-state index in [4.69, 9.17) is 9.40 Å². The molecule has 1 aliphatic carbocycles. The minimum Gasteiger partial charge on any atom is -0.440 e. The first-order valence-corrected chi connectivity index (χ1v) is 14.3. The third-order valence-electron chi connectivity index (χ3n) is 7.93. The molecule has 0 spiro atoms. The van der Waals surface area contributed by atoms with Gasteiger partial charge in [-0.2, -0.15) is 0 Å². The van der Waals surface area contributed by atoms with E-state index in [1.807, 2.05) is 72.8 Å². The fourth-order valence-electron chi connectivity index (χ4n) is 5.89. The van der Waals surface area contributed by atoms with Crippen molar-refractivity contribution in [2.24, 2.45) is 5.92 Å². The van der Waals surface area contributed by atoms with Crippen molar-refractivity contribution < 1.29 is 9.21 Å². The fraction of sp³-hybridized carbons (Fsp3) is 0.222. The van der Waals surface area contributed by atoms with Crippen LogP contribution >= 0.6 is 0 Å². The highest BCUT2D eigenvalue weighted by molar-refractivity contribution is 5.94. The molecule has 5 aromatic rings. The van der Waals surface area contributed by atoms with Gasteiger partial charge in [0.25, 0.3) is 5.91 Å². The van der Waals surface area contributed by atoms with Crippen molar-refractivity contribution in [2.75, 3.05) is 6.54 Å². The Hall–Kier alpha value is -4.44. The Balaban J connectivity index is 1.18. The van der Waals surface area contributed by atoms with Crippen molar-refractivity contribution >= 4 is 5.91 Å². The van der Waals surface area contributed by atoms with E-state index in [-0.39, 0.29) is 11.8 Å². The molecule has 4 heteroatoms. The van der Waals surface area contributed by atoms with Crippen molar-refractivity contribution in [3.05, 3.63) is 138 Å². The molecule has 1 amide bonds. The predicted molar refractivity (Wildman–Crippen MR) is 160 cm³/mol. The zero-order chi connectivity index (χ0) is 27.1. The monoisotopic (exact) mass is 526 g/mol. The first-order valence-electron chi connectivity index (χ1n) is 14.3. The molecule has 0 unspecified atom stereocenters. The number of carbonyl (C=O) groups is 1. The quantitative estimate of drug-likeness (QED) is 0.211. The number of aromatic nitrogens is 1. The van der Waals surface area contributed by atoms with E-state index in [0.29, 0.717) is 18.0 Å². The molecule has 0 radical (unpaired) electrons. The Morgan fingerprint density at radius 1 is 0.775 bits per heavy atom. The Morgan fingerprint density at radius 3 is 2.20 bits per heavy atom. The fourth-order valence-corrected chi connectivity index (χ4v) is 5.89. The maximum atomic E-state index is 12.9. The molecule has 0 aliphatic heterocycles. The molecule has 1 aliphatic rings. The maximum Gasteiger partial charge on any atom is 0.251 e. The van der Waals surface area contributed by atoms with Gasteiger partial charge in [0.15, 0.2) is 11.7 Å². The highest BCUT2D eigenvalue weighted by Crippen LogP contribution is 2.44. The number of hydrogen-bond acceptors (Lipinski definition) is 3. The molecule has 4 nitrogen and oxygen atoms in total.